The molecule has 27 heavy (non-hydrogen) atoms. The number of para-hydroxylation sites is 1. The van der Waals surface area contributed by atoms with Gasteiger partial charge >= 0.3 is 12.4 Å². The Morgan fingerprint density at radius 3 is 2.63 bits per heavy atom. The summed E-state index contributed by atoms with van der Waals surface area (Å²) in [5.41, 5.74) is -0.154. The predicted molar refractivity (Wildman–Crippen MR) is 89.7 cm³/mol. The molecule has 1 unspecified atom stereocenters. The van der Waals surface area contributed by atoms with Crippen LogP contribution in [0.5, 0.6) is 11.8 Å². The summed E-state index contributed by atoms with van der Waals surface area (Å²) in [5, 5.41) is 0.365. The Hall–Kier alpha value is -2.55. The van der Waals surface area contributed by atoms with E-state index in [1.165, 1.54) is 35.5 Å². The van der Waals surface area contributed by atoms with E-state index in [2.05, 4.69) is 14.7 Å². The molecule has 144 valence electrons. The Labute approximate surface area is 157 Å². The maximum absolute atomic E-state index is 12.7. The highest BCUT2D eigenvalue weighted by Gasteiger charge is 2.34. The number of halogens is 4. The van der Waals surface area contributed by atoms with E-state index >= 15 is 0 Å². The number of hydrogen-bond acceptors (Lipinski definition) is 5. The van der Waals surface area contributed by atoms with Gasteiger partial charge in [-0.2, -0.15) is 0 Å². The van der Waals surface area contributed by atoms with Crippen LogP contribution in [0.25, 0.3) is 0 Å². The van der Waals surface area contributed by atoms with Crippen LogP contribution in [-0.4, -0.2) is 46.3 Å². The maximum atomic E-state index is 12.7. The minimum absolute atomic E-state index is 0.125. The highest BCUT2D eigenvalue weighted by molar-refractivity contribution is 6.30. The van der Waals surface area contributed by atoms with E-state index in [9.17, 15) is 18.0 Å². The Morgan fingerprint density at radius 1 is 1.22 bits per heavy atom. The largest absolute Gasteiger partial charge is 0.573 e. The van der Waals surface area contributed by atoms with Crippen LogP contribution in [0.2, 0.25) is 5.02 Å². The Bertz CT molecular complexity index is 802. The Balaban J connectivity index is 1.71. The quantitative estimate of drug-likeness (QED) is 0.781. The van der Waals surface area contributed by atoms with Crippen molar-refractivity contribution in [2.24, 2.45) is 0 Å². The average Bonchev–Trinajstić information content (AvgIpc) is 2.62. The Morgan fingerprint density at radius 2 is 1.93 bits per heavy atom. The van der Waals surface area contributed by atoms with E-state index in [0.717, 1.165) is 6.07 Å². The summed E-state index contributed by atoms with van der Waals surface area (Å²) in [6.07, 6.45) is -1.18. The van der Waals surface area contributed by atoms with Crippen molar-refractivity contribution < 1.29 is 27.4 Å². The molecule has 0 aliphatic carbocycles. The first-order chi connectivity index (χ1) is 12.8. The van der Waals surface area contributed by atoms with E-state index in [0.29, 0.717) is 24.4 Å². The second kappa shape index (κ2) is 7.99. The molecule has 1 atom stereocenters. The third-order valence-corrected chi connectivity index (χ3v) is 4.07. The lowest BCUT2D eigenvalue weighted by Crippen LogP contribution is -2.44. The van der Waals surface area contributed by atoms with Crippen molar-refractivity contribution in [3.05, 3.63) is 47.2 Å². The molecule has 0 spiro atoms. The van der Waals surface area contributed by atoms with Gasteiger partial charge in [0.2, 0.25) is 0 Å². The van der Waals surface area contributed by atoms with E-state index in [1.54, 1.807) is 0 Å². The van der Waals surface area contributed by atoms with Gasteiger partial charge in [0.25, 0.3) is 5.91 Å². The summed E-state index contributed by atoms with van der Waals surface area (Å²) in [7, 11) is 0. The number of carbonyl (C=O) groups excluding carboxylic acids is 1. The lowest BCUT2D eigenvalue weighted by molar-refractivity contribution is -0.274. The van der Waals surface area contributed by atoms with Crippen molar-refractivity contribution >= 4 is 17.5 Å². The van der Waals surface area contributed by atoms with Gasteiger partial charge in [-0.05, 0) is 25.0 Å². The summed E-state index contributed by atoms with van der Waals surface area (Å²) in [5.74, 6) is -1.08. The fourth-order valence-electron chi connectivity index (χ4n) is 2.76. The summed E-state index contributed by atoms with van der Waals surface area (Å²) in [6.45, 7) is 0.603. The van der Waals surface area contributed by atoms with Crippen molar-refractivity contribution in [3.8, 4) is 11.8 Å². The minimum Gasteiger partial charge on any atom is -0.458 e. The maximum Gasteiger partial charge on any atom is 0.573 e. The number of hydrogen-bond donors (Lipinski definition) is 0. The van der Waals surface area contributed by atoms with Crippen LogP contribution in [0.15, 0.2) is 36.7 Å². The van der Waals surface area contributed by atoms with Gasteiger partial charge in [0.1, 0.15) is 11.9 Å². The van der Waals surface area contributed by atoms with Gasteiger partial charge in [-0.15, -0.1) is 13.2 Å². The molecule has 2 aromatic rings. The van der Waals surface area contributed by atoms with Crippen LogP contribution in [0.3, 0.4) is 0 Å². The van der Waals surface area contributed by atoms with Gasteiger partial charge in [0.15, 0.2) is 0 Å². The van der Waals surface area contributed by atoms with Crippen LogP contribution < -0.4 is 9.47 Å². The molecule has 0 saturated carbocycles. The van der Waals surface area contributed by atoms with Crippen molar-refractivity contribution in [2.75, 3.05) is 13.1 Å². The first-order valence-electron chi connectivity index (χ1n) is 8.10. The number of amides is 1. The molecule has 1 amide bonds. The number of carbonyl (C=O) groups is 1. The van der Waals surface area contributed by atoms with Gasteiger partial charge in [0, 0.05) is 6.54 Å². The fourth-order valence-corrected chi connectivity index (χ4v) is 2.85. The molecule has 2 heterocycles. The topological polar surface area (TPSA) is 64.5 Å². The van der Waals surface area contributed by atoms with E-state index < -0.39 is 18.0 Å². The smallest absolute Gasteiger partial charge is 0.458 e. The molecule has 0 bridgehead atoms. The zero-order valence-electron chi connectivity index (χ0n) is 13.9. The SMILES string of the molecule is O=C(c1ccccc1OC(F)(F)F)N1CCCC(Oc2ncc(Cl)cn2)C1. The predicted octanol–water partition coefficient (Wildman–Crippen LogP) is 3.71. The van der Waals surface area contributed by atoms with E-state index in [-0.39, 0.29) is 24.2 Å². The van der Waals surface area contributed by atoms with E-state index in [1.807, 2.05) is 0 Å². The molecule has 1 fully saturated rings. The zero-order chi connectivity index (χ0) is 19.4. The van der Waals surface area contributed by atoms with Crippen LogP contribution in [-0.2, 0) is 0 Å². The summed E-state index contributed by atoms with van der Waals surface area (Å²) in [6, 6.07) is 5.39. The van der Waals surface area contributed by atoms with E-state index in [4.69, 9.17) is 16.3 Å². The third kappa shape index (κ3) is 5.22. The number of benzene rings is 1. The monoisotopic (exact) mass is 401 g/mol. The van der Waals surface area contributed by atoms with Crippen molar-refractivity contribution in [1.29, 1.82) is 0 Å². The molecule has 1 aliphatic rings. The second-order valence-corrected chi connectivity index (χ2v) is 6.30. The molecule has 1 aromatic carbocycles. The Kier molecular flexibility index (Phi) is 5.69. The van der Waals surface area contributed by atoms with Crippen molar-refractivity contribution in [2.45, 2.75) is 25.3 Å². The molecular weight excluding hydrogens is 387 g/mol. The summed E-state index contributed by atoms with van der Waals surface area (Å²) < 4.78 is 47.3. The molecule has 0 radical (unpaired) electrons. The highest BCUT2D eigenvalue weighted by atomic mass is 35.5. The molecule has 3 rings (SSSR count). The van der Waals surface area contributed by atoms with Crippen molar-refractivity contribution in [1.82, 2.24) is 14.9 Å². The van der Waals surface area contributed by atoms with Gasteiger partial charge in [-0.1, -0.05) is 23.7 Å². The molecule has 6 nitrogen and oxygen atoms in total. The minimum atomic E-state index is -4.88. The van der Waals surface area contributed by atoms with Crippen LogP contribution >= 0.6 is 11.6 Å². The molecule has 10 heteroatoms. The number of likely N-dealkylation sites (tertiary alicyclic amines) is 1. The number of piperidine rings is 1. The number of alkyl halides is 3. The average molecular weight is 402 g/mol. The highest BCUT2D eigenvalue weighted by Crippen LogP contribution is 2.28. The number of ether oxygens (including phenoxy) is 2. The van der Waals surface area contributed by atoms with Gasteiger partial charge in [-0.25, -0.2) is 9.97 Å². The fraction of sp³-hybridized carbons (Fsp3) is 0.353. The lowest BCUT2D eigenvalue weighted by atomic mass is 10.1. The van der Waals surface area contributed by atoms with Crippen LogP contribution in [0.4, 0.5) is 13.2 Å². The second-order valence-electron chi connectivity index (χ2n) is 5.86. The van der Waals surface area contributed by atoms with Gasteiger partial charge in [0.05, 0.1) is 29.5 Å². The summed E-state index contributed by atoms with van der Waals surface area (Å²) >= 11 is 5.72. The lowest BCUT2D eigenvalue weighted by Gasteiger charge is -2.32. The standard InChI is InChI=1S/C17H15ClF3N3O3/c18-11-8-22-16(23-9-11)26-12-4-3-7-24(10-12)15(25)13-5-1-2-6-14(13)27-17(19,20)21/h1-2,5-6,8-9,12H,3-4,7,10H2. The first kappa shape index (κ1) is 19.2. The van der Waals surface area contributed by atoms with Crippen LogP contribution in [0.1, 0.15) is 23.2 Å². The molecular formula is C17H15ClF3N3O3. The van der Waals surface area contributed by atoms with Gasteiger partial charge < -0.3 is 14.4 Å². The number of aromatic nitrogens is 2. The molecule has 0 N–H and O–H groups in total. The third-order valence-electron chi connectivity index (χ3n) is 3.88. The van der Waals surface area contributed by atoms with Crippen LogP contribution in [0, 0.1) is 0 Å². The first-order valence-corrected chi connectivity index (χ1v) is 8.48. The number of rotatable bonds is 4. The van der Waals surface area contributed by atoms with Crippen molar-refractivity contribution in [3.63, 3.8) is 0 Å². The summed E-state index contributed by atoms with van der Waals surface area (Å²) in [4.78, 5) is 22.0. The zero-order valence-corrected chi connectivity index (χ0v) is 14.7. The van der Waals surface area contributed by atoms with Gasteiger partial charge in [-0.3, -0.25) is 4.79 Å². The molecule has 1 aliphatic heterocycles. The molecule has 1 aromatic heterocycles. The number of nitrogens with zero attached hydrogens (tertiary/aromatic N) is 3. The normalized spacial score (nSPS) is 17.5. The molecule has 1 saturated heterocycles.